The van der Waals surface area contributed by atoms with Crippen LogP contribution in [0.25, 0.3) is 0 Å². The molecule has 0 radical (unpaired) electrons. The van der Waals surface area contributed by atoms with E-state index in [-0.39, 0.29) is 11.9 Å². The van der Waals surface area contributed by atoms with Crippen LogP contribution in [0.15, 0.2) is 30.6 Å². The first-order valence-electron chi connectivity index (χ1n) is 7.71. The Hall–Kier alpha value is -2.14. The van der Waals surface area contributed by atoms with Crippen LogP contribution in [-0.2, 0) is 25.0 Å². The molecule has 1 saturated heterocycles. The quantitative estimate of drug-likeness (QED) is 0.855. The van der Waals surface area contributed by atoms with Crippen LogP contribution in [0.3, 0.4) is 0 Å². The van der Waals surface area contributed by atoms with Crippen molar-refractivity contribution >= 4 is 5.91 Å². The molecule has 0 aliphatic carbocycles. The van der Waals surface area contributed by atoms with E-state index in [1.54, 1.807) is 4.68 Å². The standard InChI is InChI=1S/C17H19N3O2/c1-19-9-15(8-18-19)16-3-2-6-20(16)17(21)12-4-5-13-10-22-11-14(13)7-12/h4-5,7-9,16H,2-3,6,10-11H2,1H3/t16-/m0/s1. The number of aryl methyl sites for hydroxylation is 1. The number of benzene rings is 1. The number of rotatable bonds is 2. The number of amides is 1. The lowest BCUT2D eigenvalue weighted by Crippen LogP contribution is -2.30. The van der Waals surface area contributed by atoms with Crippen LogP contribution in [0.5, 0.6) is 0 Å². The molecule has 2 aliphatic heterocycles. The number of carbonyl (C=O) groups excluding carboxylic acids is 1. The summed E-state index contributed by atoms with van der Waals surface area (Å²) < 4.78 is 7.23. The summed E-state index contributed by atoms with van der Waals surface area (Å²) in [5, 5.41) is 4.24. The summed E-state index contributed by atoms with van der Waals surface area (Å²) in [6.07, 6.45) is 5.92. The maximum absolute atomic E-state index is 12.9. The van der Waals surface area contributed by atoms with E-state index in [9.17, 15) is 4.79 Å². The lowest BCUT2D eigenvalue weighted by Gasteiger charge is -2.24. The Morgan fingerprint density at radius 3 is 3.00 bits per heavy atom. The summed E-state index contributed by atoms with van der Waals surface area (Å²) in [5.41, 5.74) is 4.22. The van der Waals surface area contributed by atoms with Crippen LogP contribution in [0.1, 0.15) is 45.9 Å². The van der Waals surface area contributed by atoms with E-state index in [1.165, 1.54) is 5.56 Å². The molecule has 0 saturated carbocycles. The van der Waals surface area contributed by atoms with Gasteiger partial charge in [0.25, 0.3) is 5.91 Å². The normalized spacial score (nSPS) is 20.4. The minimum atomic E-state index is 0.112. The Morgan fingerprint density at radius 1 is 1.32 bits per heavy atom. The molecule has 1 atom stereocenters. The summed E-state index contributed by atoms with van der Waals surface area (Å²) in [6, 6.07) is 6.08. The van der Waals surface area contributed by atoms with Crippen molar-refractivity contribution in [2.24, 2.45) is 7.05 Å². The van der Waals surface area contributed by atoms with Crippen molar-refractivity contribution in [2.75, 3.05) is 6.54 Å². The number of hydrogen-bond acceptors (Lipinski definition) is 3. The third kappa shape index (κ3) is 2.22. The number of nitrogens with zero attached hydrogens (tertiary/aromatic N) is 3. The van der Waals surface area contributed by atoms with Gasteiger partial charge in [0.15, 0.2) is 0 Å². The van der Waals surface area contributed by atoms with Crippen LogP contribution in [0.2, 0.25) is 0 Å². The molecule has 1 aromatic heterocycles. The summed E-state index contributed by atoms with van der Waals surface area (Å²) in [7, 11) is 1.91. The summed E-state index contributed by atoms with van der Waals surface area (Å²) >= 11 is 0. The zero-order valence-electron chi connectivity index (χ0n) is 12.7. The summed E-state index contributed by atoms with van der Waals surface area (Å²) in [6.45, 7) is 2.08. The molecule has 0 spiro atoms. The Bertz CT molecular complexity index is 722. The number of likely N-dealkylation sites (tertiary alicyclic amines) is 1. The van der Waals surface area contributed by atoms with Gasteiger partial charge in [-0.05, 0) is 36.1 Å². The van der Waals surface area contributed by atoms with Crippen LogP contribution in [-0.4, -0.2) is 27.1 Å². The van der Waals surface area contributed by atoms with Crippen molar-refractivity contribution in [3.05, 3.63) is 52.8 Å². The topological polar surface area (TPSA) is 47.4 Å². The Morgan fingerprint density at radius 2 is 2.18 bits per heavy atom. The van der Waals surface area contributed by atoms with Gasteiger partial charge in [0.1, 0.15) is 0 Å². The van der Waals surface area contributed by atoms with Crippen molar-refractivity contribution in [3.8, 4) is 0 Å². The fourth-order valence-electron chi connectivity index (χ4n) is 3.44. The van der Waals surface area contributed by atoms with E-state index in [2.05, 4.69) is 5.10 Å². The molecule has 5 heteroatoms. The smallest absolute Gasteiger partial charge is 0.254 e. The van der Waals surface area contributed by atoms with Crippen LogP contribution in [0.4, 0.5) is 0 Å². The van der Waals surface area contributed by atoms with E-state index < -0.39 is 0 Å². The largest absolute Gasteiger partial charge is 0.372 e. The van der Waals surface area contributed by atoms with Gasteiger partial charge in [-0.1, -0.05) is 6.07 Å². The Kier molecular flexibility index (Phi) is 3.22. The molecular weight excluding hydrogens is 278 g/mol. The zero-order chi connectivity index (χ0) is 15.1. The van der Waals surface area contributed by atoms with Gasteiger partial charge < -0.3 is 9.64 Å². The first-order valence-corrected chi connectivity index (χ1v) is 7.71. The lowest BCUT2D eigenvalue weighted by molar-refractivity contribution is 0.0735. The average molecular weight is 297 g/mol. The summed E-state index contributed by atoms with van der Waals surface area (Å²) in [4.78, 5) is 14.9. The highest BCUT2D eigenvalue weighted by Gasteiger charge is 2.31. The molecule has 4 rings (SSSR count). The molecular formula is C17H19N3O2. The van der Waals surface area contributed by atoms with Crippen molar-refractivity contribution in [2.45, 2.75) is 32.1 Å². The third-order valence-electron chi connectivity index (χ3n) is 4.59. The highest BCUT2D eigenvalue weighted by molar-refractivity contribution is 5.95. The predicted molar refractivity (Wildman–Crippen MR) is 81.2 cm³/mol. The lowest BCUT2D eigenvalue weighted by atomic mass is 10.0. The minimum Gasteiger partial charge on any atom is -0.372 e. The molecule has 1 amide bonds. The monoisotopic (exact) mass is 297 g/mol. The second kappa shape index (κ2) is 5.25. The highest BCUT2D eigenvalue weighted by atomic mass is 16.5. The number of carbonyl (C=O) groups is 1. The molecule has 0 bridgehead atoms. The maximum Gasteiger partial charge on any atom is 0.254 e. The van der Waals surface area contributed by atoms with Crippen LogP contribution in [0, 0.1) is 0 Å². The molecule has 1 aromatic carbocycles. The van der Waals surface area contributed by atoms with Gasteiger partial charge in [-0.3, -0.25) is 9.48 Å². The van der Waals surface area contributed by atoms with Gasteiger partial charge in [-0.15, -0.1) is 0 Å². The van der Waals surface area contributed by atoms with Gasteiger partial charge in [-0.2, -0.15) is 5.10 Å². The van der Waals surface area contributed by atoms with E-state index in [0.717, 1.165) is 36.1 Å². The number of ether oxygens (including phenoxy) is 1. The number of hydrogen-bond donors (Lipinski definition) is 0. The molecule has 2 aromatic rings. The zero-order valence-corrected chi connectivity index (χ0v) is 12.7. The predicted octanol–water partition coefficient (Wildman–Crippen LogP) is 2.43. The van der Waals surface area contributed by atoms with Gasteiger partial charge in [0.2, 0.25) is 0 Å². The molecule has 3 heterocycles. The Labute approximate surface area is 129 Å². The SMILES string of the molecule is Cn1cc([C@@H]2CCCN2C(=O)c2ccc3c(c2)COC3)cn1. The van der Waals surface area contributed by atoms with Crippen LogP contribution < -0.4 is 0 Å². The first-order chi connectivity index (χ1) is 10.7. The maximum atomic E-state index is 12.9. The van der Waals surface area contributed by atoms with E-state index in [0.29, 0.717) is 13.2 Å². The van der Waals surface area contributed by atoms with Gasteiger partial charge in [0.05, 0.1) is 25.5 Å². The highest BCUT2D eigenvalue weighted by Crippen LogP contribution is 2.33. The minimum absolute atomic E-state index is 0.112. The van der Waals surface area contributed by atoms with Crippen LogP contribution >= 0.6 is 0 Å². The number of aromatic nitrogens is 2. The van der Waals surface area contributed by atoms with Gasteiger partial charge >= 0.3 is 0 Å². The molecule has 0 unspecified atom stereocenters. The molecule has 22 heavy (non-hydrogen) atoms. The van der Waals surface area contributed by atoms with Gasteiger partial charge in [0, 0.05) is 30.9 Å². The fourth-order valence-corrected chi connectivity index (χ4v) is 3.44. The average Bonchev–Trinajstić information content (AvgIpc) is 3.25. The Balaban J connectivity index is 1.61. The fraction of sp³-hybridized carbons (Fsp3) is 0.412. The molecule has 0 N–H and O–H groups in total. The van der Waals surface area contributed by atoms with E-state index >= 15 is 0 Å². The molecule has 114 valence electrons. The third-order valence-corrected chi connectivity index (χ3v) is 4.59. The van der Waals surface area contributed by atoms with Crippen molar-refractivity contribution in [3.63, 3.8) is 0 Å². The number of fused-ring (bicyclic) bond motifs is 1. The molecule has 5 nitrogen and oxygen atoms in total. The first kappa shape index (κ1) is 13.5. The molecule has 1 fully saturated rings. The molecule has 2 aliphatic rings. The summed E-state index contributed by atoms with van der Waals surface area (Å²) in [5.74, 6) is 0.112. The van der Waals surface area contributed by atoms with Crippen molar-refractivity contribution in [1.29, 1.82) is 0 Å². The second-order valence-corrected chi connectivity index (χ2v) is 6.08. The second-order valence-electron chi connectivity index (χ2n) is 6.08. The van der Waals surface area contributed by atoms with E-state index in [4.69, 9.17) is 4.74 Å². The van der Waals surface area contributed by atoms with E-state index in [1.807, 2.05) is 42.5 Å². The van der Waals surface area contributed by atoms with Crippen molar-refractivity contribution < 1.29 is 9.53 Å². The van der Waals surface area contributed by atoms with Gasteiger partial charge in [-0.25, -0.2) is 0 Å². The van der Waals surface area contributed by atoms with Crippen molar-refractivity contribution in [1.82, 2.24) is 14.7 Å².